The van der Waals surface area contributed by atoms with Crippen LogP contribution in [0.15, 0.2) is 36.4 Å². The molecule has 0 aliphatic carbocycles. The second-order valence-electron chi connectivity index (χ2n) is 8.10. The highest BCUT2D eigenvalue weighted by Crippen LogP contribution is 2.43. The van der Waals surface area contributed by atoms with Gasteiger partial charge in [-0.2, -0.15) is 51.3 Å². The molecule has 0 bridgehead atoms. The van der Waals surface area contributed by atoms with Crippen molar-refractivity contribution in [1.29, 1.82) is 0 Å². The van der Waals surface area contributed by atoms with Crippen molar-refractivity contribution in [3.05, 3.63) is 73.7 Å². The van der Waals surface area contributed by atoms with Gasteiger partial charge in [-0.25, -0.2) is 4.39 Å². The average molecular weight is 651 g/mol. The predicted molar refractivity (Wildman–Crippen MR) is 131 cm³/mol. The summed E-state index contributed by atoms with van der Waals surface area (Å²) in [6.45, 7) is 1.26. The lowest BCUT2D eigenvalue weighted by Gasteiger charge is -2.20. The summed E-state index contributed by atoms with van der Waals surface area (Å²) in [5.41, 5.74) is -4.23. The summed E-state index contributed by atoms with van der Waals surface area (Å²) in [6.07, 6.45) is -14.8. The first-order valence-electron chi connectivity index (χ1n) is 10.5. The number of amides is 1. The van der Waals surface area contributed by atoms with E-state index in [1.807, 2.05) is 0 Å². The van der Waals surface area contributed by atoms with Gasteiger partial charge < -0.3 is 5.32 Å². The Balaban J connectivity index is 2.42. The third-order valence-corrected chi connectivity index (χ3v) is 7.35. The standard InChI is InChI=1S/C23H16Cl3F10NOS/c1-10(8-39-9-21(28,29)30)37-20(38)13-3-2-11(4-15(13)23(34,35)36)18(27)7-14(22(31,32)33)12-5-16(24)19(26)17(25)6-12/h2-7,10,14H,8-9H2,1H3,(H,37,38)/b18-7-. The number of allylic oxidation sites excluding steroid dienone is 1. The zero-order chi connectivity index (χ0) is 29.9. The molecule has 0 heterocycles. The molecule has 216 valence electrons. The van der Waals surface area contributed by atoms with Gasteiger partial charge in [-0.1, -0.05) is 40.9 Å². The third kappa shape index (κ3) is 9.65. The van der Waals surface area contributed by atoms with Crippen LogP contribution >= 0.6 is 46.6 Å². The van der Waals surface area contributed by atoms with Crippen LogP contribution in [-0.2, 0) is 6.18 Å². The summed E-state index contributed by atoms with van der Waals surface area (Å²) in [4.78, 5) is 12.4. The van der Waals surface area contributed by atoms with Gasteiger partial charge in [0.1, 0.15) is 11.7 Å². The Labute approximate surface area is 234 Å². The Morgan fingerprint density at radius 2 is 1.54 bits per heavy atom. The van der Waals surface area contributed by atoms with Crippen molar-refractivity contribution in [1.82, 2.24) is 5.32 Å². The van der Waals surface area contributed by atoms with E-state index in [2.05, 4.69) is 5.32 Å². The summed E-state index contributed by atoms with van der Waals surface area (Å²) in [5, 5.41) is 1.11. The summed E-state index contributed by atoms with van der Waals surface area (Å²) in [6, 6.07) is 1.94. The molecule has 0 saturated carbocycles. The maximum absolute atomic E-state index is 14.9. The van der Waals surface area contributed by atoms with Gasteiger partial charge in [-0.15, -0.1) is 0 Å². The highest BCUT2D eigenvalue weighted by Gasteiger charge is 2.41. The monoisotopic (exact) mass is 649 g/mol. The molecule has 0 saturated heterocycles. The Morgan fingerprint density at radius 1 is 0.974 bits per heavy atom. The molecule has 0 radical (unpaired) electrons. The molecule has 2 nitrogen and oxygen atoms in total. The fraction of sp³-hybridized carbons (Fsp3) is 0.348. The van der Waals surface area contributed by atoms with E-state index in [1.54, 1.807) is 0 Å². The van der Waals surface area contributed by atoms with Gasteiger partial charge in [0, 0.05) is 17.4 Å². The van der Waals surface area contributed by atoms with Crippen LogP contribution in [0.5, 0.6) is 0 Å². The minimum Gasteiger partial charge on any atom is -0.349 e. The van der Waals surface area contributed by atoms with Crippen molar-refractivity contribution in [3.63, 3.8) is 0 Å². The lowest BCUT2D eigenvalue weighted by molar-refractivity contribution is -0.140. The number of nitrogens with one attached hydrogen (secondary N) is 1. The average Bonchev–Trinajstić information content (AvgIpc) is 2.77. The van der Waals surface area contributed by atoms with Crippen molar-refractivity contribution in [2.45, 2.75) is 37.4 Å². The fourth-order valence-corrected chi connectivity index (χ4v) is 4.60. The molecule has 2 unspecified atom stereocenters. The van der Waals surface area contributed by atoms with Crippen LogP contribution < -0.4 is 5.32 Å². The SMILES string of the molecule is CC(CSCC(F)(F)F)NC(=O)c1ccc(/C(F)=C/C(c2cc(Cl)c(Cl)c(Cl)c2)C(F)(F)F)cc1C(F)(F)F. The predicted octanol–water partition coefficient (Wildman–Crippen LogP) is 9.74. The normalized spacial score (nSPS) is 14.8. The van der Waals surface area contributed by atoms with E-state index in [-0.39, 0.29) is 33.0 Å². The number of halogens is 13. The molecule has 16 heteroatoms. The minimum absolute atomic E-state index is 0.0189. The second kappa shape index (κ2) is 12.8. The third-order valence-electron chi connectivity index (χ3n) is 4.89. The van der Waals surface area contributed by atoms with Gasteiger partial charge in [0.25, 0.3) is 5.91 Å². The molecule has 2 rings (SSSR count). The van der Waals surface area contributed by atoms with E-state index in [9.17, 15) is 48.7 Å². The first-order valence-corrected chi connectivity index (χ1v) is 12.7. The second-order valence-corrected chi connectivity index (χ2v) is 10.3. The van der Waals surface area contributed by atoms with E-state index in [1.165, 1.54) is 6.92 Å². The first-order chi connectivity index (χ1) is 17.7. The van der Waals surface area contributed by atoms with Crippen LogP contribution in [0.1, 0.15) is 39.9 Å². The van der Waals surface area contributed by atoms with Gasteiger partial charge in [0.15, 0.2) is 0 Å². The van der Waals surface area contributed by atoms with Crippen LogP contribution in [-0.4, -0.2) is 35.8 Å². The molecule has 2 aromatic rings. The smallest absolute Gasteiger partial charge is 0.349 e. The molecule has 2 aromatic carbocycles. The van der Waals surface area contributed by atoms with E-state index in [4.69, 9.17) is 34.8 Å². The van der Waals surface area contributed by atoms with Gasteiger partial charge in [-0.05, 0) is 42.8 Å². The maximum atomic E-state index is 14.9. The van der Waals surface area contributed by atoms with Gasteiger partial charge in [-0.3, -0.25) is 4.79 Å². The lowest BCUT2D eigenvalue weighted by atomic mass is 9.95. The highest BCUT2D eigenvalue weighted by atomic mass is 35.5. The number of rotatable bonds is 8. The maximum Gasteiger partial charge on any atom is 0.417 e. The number of carbonyl (C=O) groups excluding carboxylic acids is 1. The molecular weight excluding hydrogens is 635 g/mol. The fourth-order valence-electron chi connectivity index (χ4n) is 3.20. The van der Waals surface area contributed by atoms with Crippen molar-refractivity contribution < 1.29 is 48.7 Å². The van der Waals surface area contributed by atoms with E-state index < -0.39 is 70.2 Å². The van der Waals surface area contributed by atoms with Crippen LogP contribution in [0.2, 0.25) is 15.1 Å². The highest BCUT2D eigenvalue weighted by molar-refractivity contribution is 7.99. The van der Waals surface area contributed by atoms with Crippen LogP contribution in [0.3, 0.4) is 0 Å². The Kier molecular flexibility index (Phi) is 10.9. The molecule has 0 aliphatic heterocycles. The summed E-state index contributed by atoms with van der Waals surface area (Å²) in [7, 11) is 0. The van der Waals surface area contributed by atoms with Crippen LogP contribution in [0.25, 0.3) is 5.83 Å². The number of hydrogen-bond acceptors (Lipinski definition) is 2. The molecular formula is C23H16Cl3F10NOS. The number of alkyl halides is 9. The number of carbonyl (C=O) groups is 1. The van der Waals surface area contributed by atoms with E-state index >= 15 is 0 Å². The molecule has 1 amide bonds. The van der Waals surface area contributed by atoms with Crippen molar-refractivity contribution >= 4 is 58.3 Å². The molecule has 0 spiro atoms. The summed E-state index contributed by atoms with van der Waals surface area (Å²) < 4.78 is 134. The molecule has 39 heavy (non-hydrogen) atoms. The zero-order valence-electron chi connectivity index (χ0n) is 19.3. The Hall–Kier alpha value is -1.83. The molecule has 0 fully saturated rings. The zero-order valence-corrected chi connectivity index (χ0v) is 22.3. The molecule has 1 N–H and O–H groups in total. The summed E-state index contributed by atoms with van der Waals surface area (Å²) >= 11 is 17.6. The molecule has 0 aliphatic rings. The number of thioether (sulfide) groups is 1. The number of hydrogen-bond donors (Lipinski definition) is 1. The van der Waals surface area contributed by atoms with E-state index in [0.29, 0.717) is 23.9 Å². The van der Waals surface area contributed by atoms with Crippen LogP contribution in [0.4, 0.5) is 43.9 Å². The van der Waals surface area contributed by atoms with E-state index in [0.717, 1.165) is 12.1 Å². The minimum atomic E-state index is -5.24. The van der Waals surface area contributed by atoms with Crippen molar-refractivity contribution in [2.24, 2.45) is 0 Å². The largest absolute Gasteiger partial charge is 0.417 e. The lowest BCUT2D eigenvalue weighted by Crippen LogP contribution is -2.35. The van der Waals surface area contributed by atoms with Crippen molar-refractivity contribution in [3.8, 4) is 0 Å². The quantitative estimate of drug-likeness (QED) is 0.228. The summed E-state index contributed by atoms with van der Waals surface area (Å²) in [5.74, 6) is -7.23. The van der Waals surface area contributed by atoms with Crippen molar-refractivity contribution in [2.75, 3.05) is 11.5 Å². The number of benzene rings is 2. The first kappa shape index (κ1) is 33.4. The van der Waals surface area contributed by atoms with Gasteiger partial charge >= 0.3 is 18.5 Å². The Bertz CT molecular complexity index is 1210. The van der Waals surface area contributed by atoms with Gasteiger partial charge in [0.05, 0.1) is 31.9 Å². The van der Waals surface area contributed by atoms with Crippen LogP contribution in [0, 0.1) is 0 Å². The van der Waals surface area contributed by atoms with Gasteiger partial charge in [0.2, 0.25) is 0 Å². The topological polar surface area (TPSA) is 29.1 Å². The molecule has 0 aromatic heterocycles. The Morgan fingerprint density at radius 3 is 2.03 bits per heavy atom. The molecule has 2 atom stereocenters.